The van der Waals surface area contributed by atoms with Gasteiger partial charge in [-0.05, 0) is 13.8 Å². The zero-order valence-corrected chi connectivity index (χ0v) is 9.13. The summed E-state index contributed by atoms with van der Waals surface area (Å²) in [5.74, 6) is 0.197. The van der Waals surface area contributed by atoms with Gasteiger partial charge in [0.05, 0.1) is 6.61 Å². The highest BCUT2D eigenvalue weighted by atomic mass is 32.2. The number of hydrogen-bond donors (Lipinski definition) is 1. The molecule has 0 bridgehead atoms. The van der Waals surface area contributed by atoms with E-state index >= 15 is 0 Å². The van der Waals surface area contributed by atoms with Crippen molar-refractivity contribution in [2.24, 2.45) is 0 Å². The number of rotatable bonds is 3. The fourth-order valence-electron chi connectivity index (χ4n) is 1.04. The van der Waals surface area contributed by atoms with Crippen molar-refractivity contribution in [3.8, 4) is 0 Å². The van der Waals surface area contributed by atoms with E-state index in [1.165, 1.54) is 13.8 Å². The molecule has 0 radical (unpaired) electrons. The van der Waals surface area contributed by atoms with Crippen molar-refractivity contribution in [1.29, 1.82) is 0 Å². The molecule has 0 amide bonds. The summed E-state index contributed by atoms with van der Waals surface area (Å²) in [5.41, 5.74) is 0.264. The molecule has 1 rings (SSSR count). The number of nitrogens with zero attached hydrogens (tertiary/aromatic N) is 1. The number of hydrogen-bond acceptors (Lipinski definition) is 5. The van der Waals surface area contributed by atoms with Gasteiger partial charge >= 0.3 is 0 Å². The third kappa shape index (κ3) is 1.67. The predicted octanol–water partition coefficient (Wildman–Crippen LogP) is 0.447. The molecule has 0 aliphatic rings. The third-order valence-electron chi connectivity index (χ3n) is 2.26. The normalized spacial score (nSPS) is 13.1. The molecule has 80 valence electrons. The molecule has 0 aliphatic heterocycles. The van der Waals surface area contributed by atoms with E-state index in [4.69, 9.17) is 9.52 Å². The second-order valence-corrected chi connectivity index (χ2v) is 6.13. The maximum Gasteiger partial charge on any atom is 0.181 e. The van der Waals surface area contributed by atoms with E-state index in [9.17, 15) is 8.42 Å². The van der Waals surface area contributed by atoms with Gasteiger partial charge in [0.1, 0.15) is 16.2 Å². The van der Waals surface area contributed by atoms with Gasteiger partial charge in [0, 0.05) is 6.26 Å². The molecule has 0 fully saturated rings. The average Bonchev–Trinajstić information content (AvgIpc) is 2.49. The zero-order chi connectivity index (χ0) is 11.0. The summed E-state index contributed by atoms with van der Waals surface area (Å²) in [4.78, 5) is 3.73. The van der Waals surface area contributed by atoms with Gasteiger partial charge in [0.25, 0.3) is 0 Å². The van der Waals surface area contributed by atoms with Gasteiger partial charge in [-0.25, -0.2) is 13.4 Å². The molecule has 0 saturated carbocycles. The van der Waals surface area contributed by atoms with E-state index in [2.05, 4.69) is 4.98 Å². The van der Waals surface area contributed by atoms with Gasteiger partial charge in [-0.1, -0.05) is 0 Å². The van der Waals surface area contributed by atoms with Crippen LogP contribution < -0.4 is 0 Å². The number of oxazole rings is 1. The van der Waals surface area contributed by atoms with E-state index in [-0.39, 0.29) is 18.1 Å². The quantitative estimate of drug-likeness (QED) is 0.798. The van der Waals surface area contributed by atoms with Crippen LogP contribution in [-0.2, 0) is 21.2 Å². The summed E-state index contributed by atoms with van der Waals surface area (Å²) in [6, 6.07) is 0. The standard InChI is InChI=1S/C8H13NO4S/c1-8(2,14(3,11)12)7-6(4-10)9-5-13-7/h5,10H,4H2,1-3H3. The molecule has 1 heterocycles. The molecule has 0 aliphatic carbocycles. The molecular weight excluding hydrogens is 206 g/mol. The summed E-state index contributed by atoms with van der Waals surface area (Å²) < 4.78 is 26.7. The van der Waals surface area contributed by atoms with Gasteiger partial charge in [-0.2, -0.15) is 0 Å². The number of aliphatic hydroxyl groups excluding tert-OH is 1. The molecule has 0 spiro atoms. The molecule has 14 heavy (non-hydrogen) atoms. The summed E-state index contributed by atoms with van der Waals surface area (Å²) in [7, 11) is -3.30. The Labute approximate surface area is 82.7 Å². The van der Waals surface area contributed by atoms with Crippen LogP contribution in [0.3, 0.4) is 0 Å². The van der Waals surface area contributed by atoms with E-state index in [1.54, 1.807) is 0 Å². The van der Waals surface area contributed by atoms with E-state index in [0.29, 0.717) is 0 Å². The first kappa shape index (κ1) is 11.2. The molecule has 1 aromatic rings. The molecule has 0 saturated heterocycles. The lowest BCUT2D eigenvalue weighted by molar-refractivity contribution is 0.272. The van der Waals surface area contributed by atoms with E-state index < -0.39 is 14.6 Å². The lowest BCUT2D eigenvalue weighted by Crippen LogP contribution is -2.28. The minimum atomic E-state index is -3.30. The fourth-order valence-corrected chi connectivity index (χ4v) is 1.54. The molecule has 1 aromatic heterocycles. The number of sulfone groups is 1. The van der Waals surface area contributed by atoms with Crippen LogP contribution in [0.25, 0.3) is 0 Å². The predicted molar refractivity (Wildman–Crippen MR) is 50.3 cm³/mol. The molecule has 0 aromatic carbocycles. The molecule has 5 nitrogen and oxygen atoms in total. The van der Waals surface area contributed by atoms with Crippen LogP contribution in [0.15, 0.2) is 10.8 Å². The van der Waals surface area contributed by atoms with Crippen molar-refractivity contribution in [3.63, 3.8) is 0 Å². The van der Waals surface area contributed by atoms with Gasteiger partial charge in [-0.15, -0.1) is 0 Å². The second-order valence-electron chi connectivity index (χ2n) is 3.57. The maximum absolute atomic E-state index is 11.5. The second kappa shape index (κ2) is 3.36. The van der Waals surface area contributed by atoms with Crippen LogP contribution in [0.5, 0.6) is 0 Å². The minimum absolute atomic E-state index is 0.197. The Bertz CT molecular complexity index is 418. The van der Waals surface area contributed by atoms with Gasteiger partial charge in [0.2, 0.25) is 0 Å². The molecular formula is C8H13NO4S. The van der Waals surface area contributed by atoms with Crippen LogP contribution in [0, 0.1) is 0 Å². The minimum Gasteiger partial charge on any atom is -0.446 e. The first-order valence-corrected chi connectivity index (χ1v) is 5.93. The van der Waals surface area contributed by atoms with Crippen molar-refractivity contribution in [3.05, 3.63) is 17.8 Å². The van der Waals surface area contributed by atoms with Crippen LogP contribution >= 0.6 is 0 Å². The van der Waals surface area contributed by atoms with Gasteiger partial charge in [-0.3, -0.25) is 0 Å². The Balaban J connectivity index is 3.30. The lowest BCUT2D eigenvalue weighted by atomic mass is 10.1. The molecule has 1 N–H and O–H groups in total. The van der Waals surface area contributed by atoms with Gasteiger partial charge < -0.3 is 9.52 Å². The number of aliphatic hydroxyl groups is 1. The Morgan fingerprint density at radius 2 is 2.14 bits per heavy atom. The topological polar surface area (TPSA) is 80.4 Å². The maximum atomic E-state index is 11.5. The van der Waals surface area contributed by atoms with Crippen LogP contribution in [-0.4, -0.2) is 24.8 Å². The van der Waals surface area contributed by atoms with Gasteiger partial charge in [0.15, 0.2) is 16.2 Å². The van der Waals surface area contributed by atoms with Crippen LogP contribution in [0.2, 0.25) is 0 Å². The van der Waals surface area contributed by atoms with Crippen molar-refractivity contribution in [1.82, 2.24) is 4.98 Å². The zero-order valence-electron chi connectivity index (χ0n) is 8.31. The summed E-state index contributed by atoms with van der Waals surface area (Å²) in [5, 5.41) is 8.92. The highest BCUT2D eigenvalue weighted by molar-refractivity contribution is 7.91. The van der Waals surface area contributed by atoms with Crippen molar-refractivity contribution < 1.29 is 17.9 Å². The first-order chi connectivity index (χ1) is 6.30. The van der Waals surface area contributed by atoms with Crippen molar-refractivity contribution >= 4 is 9.84 Å². The van der Waals surface area contributed by atoms with E-state index in [1.807, 2.05) is 0 Å². The Morgan fingerprint density at radius 3 is 2.57 bits per heavy atom. The lowest BCUT2D eigenvalue weighted by Gasteiger charge is -2.20. The van der Waals surface area contributed by atoms with Crippen molar-refractivity contribution in [2.75, 3.05) is 6.26 Å². The first-order valence-electron chi connectivity index (χ1n) is 4.04. The van der Waals surface area contributed by atoms with E-state index in [0.717, 1.165) is 12.6 Å². The Kier molecular flexibility index (Phi) is 2.69. The third-order valence-corrected chi connectivity index (χ3v) is 4.30. The molecule has 6 heteroatoms. The smallest absolute Gasteiger partial charge is 0.181 e. The van der Waals surface area contributed by atoms with Crippen molar-refractivity contribution in [2.45, 2.75) is 25.2 Å². The highest BCUT2D eigenvalue weighted by Gasteiger charge is 2.37. The Morgan fingerprint density at radius 1 is 1.57 bits per heavy atom. The van der Waals surface area contributed by atoms with Crippen LogP contribution in [0.1, 0.15) is 25.3 Å². The Hall–Kier alpha value is -0.880. The molecule has 0 unspecified atom stereocenters. The fraction of sp³-hybridized carbons (Fsp3) is 0.625. The van der Waals surface area contributed by atoms with Crippen LogP contribution in [0.4, 0.5) is 0 Å². The average molecular weight is 219 g/mol. The summed E-state index contributed by atoms with van der Waals surface area (Å²) in [6.45, 7) is 2.70. The SMILES string of the molecule is CC(C)(c1ocnc1CO)S(C)(=O)=O. The summed E-state index contributed by atoms with van der Waals surface area (Å²) >= 11 is 0. The number of aromatic nitrogens is 1. The summed E-state index contributed by atoms with van der Waals surface area (Å²) in [6.07, 6.45) is 2.25. The monoisotopic (exact) mass is 219 g/mol. The highest BCUT2D eigenvalue weighted by Crippen LogP contribution is 2.30. The largest absolute Gasteiger partial charge is 0.446 e. The molecule has 0 atom stereocenters.